The van der Waals surface area contributed by atoms with Crippen molar-refractivity contribution in [2.24, 2.45) is 5.41 Å². The highest BCUT2D eigenvalue weighted by Gasteiger charge is 2.51. The van der Waals surface area contributed by atoms with Crippen molar-refractivity contribution >= 4 is 11.8 Å². The smallest absolute Gasteiger partial charge is 0.0107 e. The Hall–Kier alpha value is 0.350. The third-order valence-corrected chi connectivity index (χ3v) is 4.14. The molecule has 0 amide bonds. The maximum Gasteiger partial charge on any atom is 0.0107 e. The van der Waals surface area contributed by atoms with Crippen LogP contribution in [0.2, 0.25) is 0 Å². The molecule has 1 unspecified atom stereocenters. The van der Waals surface area contributed by atoms with Crippen LogP contribution >= 0.6 is 11.8 Å². The molecule has 2 fully saturated rings. The van der Waals surface area contributed by atoms with Crippen molar-refractivity contribution in [2.75, 3.05) is 5.75 Å². The highest BCUT2D eigenvalue weighted by molar-refractivity contribution is 8.00. The van der Waals surface area contributed by atoms with Gasteiger partial charge < -0.3 is 0 Å². The van der Waals surface area contributed by atoms with Crippen LogP contribution in [0.15, 0.2) is 0 Å². The lowest BCUT2D eigenvalue weighted by molar-refractivity contribution is 0.507. The zero-order valence-electron chi connectivity index (χ0n) is 5.31. The van der Waals surface area contributed by atoms with Crippen molar-refractivity contribution in [3.63, 3.8) is 0 Å². The van der Waals surface area contributed by atoms with E-state index in [-0.39, 0.29) is 0 Å². The average molecular weight is 128 g/mol. The van der Waals surface area contributed by atoms with E-state index in [0.717, 1.165) is 10.7 Å². The first-order chi connectivity index (χ1) is 3.81. The van der Waals surface area contributed by atoms with E-state index in [2.05, 4.69) is 18.7 Å². The van der Waals surface area contributed by atoms with Crippen LogP contribution in [0.3, 0.4) is 0 Å². The first-order valence-corrected chi connectivity index (χ1v) is 4.48. The standard InChI is InChI=1S/C7H12S/c1-7-3-2-4-8-6(7)5-7/h6H,2-5H2,1H3/t6?,7-/m0/s1. The Morgan fingerprint density at radius 2 is 2.50 bits per heavy atom. The van der Waals surface area contributed by atoms with Crippen LogP contribution in [0.4, 0.5) is 0 Å². The van der Waals surface area contributed by atoms with Gasteiger partial charge in [-0.1, -0.05) is 6.92 Å². The van der Waals surface area contributed by atoms with Crippen molar-refractivity contribution in [1.82, 2.24) is 0 Å². The summed E-state index contributed by atoms with van der Waals surface area (Å²) >= 11 is 2.19. The molecule has 0 radical (unpaired) electrons. The van der Waals surface area contributed by atoms with Gasteiger partial charge in [-0.15, -0.1) is 0 Å². The third-order valence-electron chi connectivity index (χ3n) is 2.48. The second-order valence-electron chi connectivity index (χ2n) is 3.32. The van der Waals surface area contributed by atoms with E-state index in [1.54, 1.807) is 0 Å². The molecule has 1 heterocycles. The summed E-state index contributed by atoms with van der Waals surface area (Å²) in [7, 11) is 0. The monoisotopic (exact) mass is 128 g/mol. The molecular weight excluding hydrogens is 116 g/mol. The number of hydrogen-bond donors (Lipinski definition) is 0. The molecule has 8 heavy (non-hydrogen) atoms. The van der Waals surface area contributed by atoms with Crippen molar-refractivity contribution in [1.29, 1.82) is 0 Å². The number of rotatable bonds is 0. The lowest BCUT2D eigenvalue weighted by Crippen LogP contribution is -2.05. The van der Waals surface area contributed by atoms with Gasteiger partial charge in [-0.25, -0.2) is 0 Å². The van der Waals surface area contributed by atoms with Crippen LogP contribution in [0.1, 0.15) is 26.2 Å². The van der Waals surface area contributed by atoms with E-state index in [1.807, 2.05) is 0 Å². The zero-order chi connectivity index (χ0) is 5.61. The van der Waals surface area contributed by atoms with Crippen molar-refractivity contribution < 1.29 is 0 Å². The second kappa shape index (κ2) is 1.44. The van der Waals surface area contributed by atoms with E-state index in [9.17, 15) is 0 Å². The van der Waals surface area contributed by atoms with Gasteiger partial charge in [0.1, 0.15) is 0 Å². The molecule has 0 spiro atoms. The first-order valence-electron chi connectivity index (χ1n) is 3.43. The van der Waals surface area contributed by atoms with Crippen molar-refractivity contribution in [3.8, 4) is 0 Å². The minimum Gasteiger partial charge on any atom is -0.158 e. The molecule has 1 saturated carbocycles. The maximum absolute atomic E-state index is 2.43. The van der Waals surface area contributed by atoms with Gasteiger partial charge in [0.2, 0.25) is 0 Å². The normalized spacial score (nSPS) is 52.9. The molecule has 0 aromatic rings. The Kier molecular flexibility index (Phi) is 0.928. The molecule has 0 nitrogen and oxygen atoms in total. The summed E-state index contributed by atoms with van der Waals surface area (Å²) in [5.74, 6) is 1.43. The topological polar surface area (TPSA) is 0 Å². The van der Waals surface area contributed by atoms with Crippen molar-refractivity contribution in [3.05, 3.63) is 0 Å². The molecule has 0 aromatic carbocycles. The summed E-state index contributed by atoms with van der Waals surface area (Å²) in [6.07, 6.45) is 4.49. The molecular formula is C7H12S. The Bertz CT molecular complexity index is 109. The fourth-order valence-electron chi connectivity index (χ4n) is 1.59. The van der Waals surface area contributed by atoms with E-state index in [4.69, 9.17) is 0 Å². The SMILES string of the molecule is C[C@@]12CCCSC1C2. The first kappa shape index (κ1) is 5.16. The summed E-state index contributed by atoms with van der Waals surface area (Å²) in [6.45, 7) is 2.43. The molecule has 1 aliphatic carbocycles. The highest BCUT2D eigenvalue weighted by Crippen LogP contribution is 2.59. The molecule has 2 rings (SSSR count). The number of thioether (sulfide) groups is 1. The Morgan fingerprint density at radius 3 is 3.00 bits per heavy atom. The molecule has 2 aliphatic rings. The molecule has 0 aromatic heterocycles. The quantitative estimate of drug-likeness (QED) is 0.482. The van der Waals surface area contributed by atoms with Gasteiger partial charge in [0.15, 0.2) is 0 Å². The summed E-state index contributed by atoms with van der Waals surface area (Å²) in [5, 5.41) is 1.07. The average Bonchev–Trinajstić information content (AvgIpc) is 2.39. The third kappa shape index (κ3) is 0.604. The zero-order valence-corrected chi connectivity index (χ0v) is 6.13. The lowest BCUT2D eigenvalue weighted by atomic mass is 10.0. The van der Waals surface area contributed by atoms with Crippen LogP contribution < -0.4 is 0 Å². The lowest BCUT2D eigenvalue weighted by Gasteiger charge is -2.15. The van der Waals surface area contributed by atoms with Gasteiger partial charge >= 0.3 is 0 Å². The summed E-state index contributed by atoms with van der Waals surface area (Å²) in [6, 6.07) is 0. The molecule has 1 heteroatoms. The van der Waals surface area contributed by atoms with Crippen LogP contribution in [-0.4, -0.2) is 11.0 Å². The minimum atomic E-state index is 0.808. The summed E-state index contributed by atoms with van der Waals surface area (Å²) < 4.78 is 0. The van der Waals surface area contributed by atoms with Crippen molar-refractivity contribution in [2.45, 2.75) is 31.4 Å². The van der Waals surface area contributed by atoms with Crippen LogP contribution in [0.25, 0.3) is 0 Å². The van der Waals surface area contributed by atoms with Gasteiger partial charge in [-0.3, -0.25) is 0 Å². The fraction of sp³-hybridized carbons (Fsp3) is 1.00. The highest BCUT2D eigenvalue weighted by atomic mass is 32.2. The van der Waals surface area contributed by atoms with E-state index >= 15 is 0 Å². The maximum atomic E-state index is 2.43. The second-order valence-corrected chi connectivity index (χ2v) is 4.63. The molecule has 1 aliphatic heterocycles. The van der Waals surface area contributed by atoms with E-state index in [1.165, 1.54) is 25.0 Å². The summed E-state index contributed by atoms with van der Waals surface area (Å²) in [5.41, 5.74) is 0.808. The largest absolute Gasteiger partial charge is 0.158 e. The Balaban J connectivity index is 2.04. The molecule has 46 valence electrons. The van der Waals surface area contributed by atoms with Gasteiger partial charge in [-0.2, -0.15) is 11.8 Å². The van der Waals surface area contributed by atoms with E-state index < -0.39 is 0 Å². The predicted octanol–water partition coefficient (Wildman–Crippen LogP) is 2.29. The van der Waals surface area contributed by atoms with Crippen LogP contribution in [0, 0.1) is 5.41 Å². The van der Waals surface area contributed by atoms with E-state index in [0.29, 0.717) is 0 Å². The van der Waals surface area contributed by atoms with Crippen LogP contribution in [0.5, 0.6) is 0 Å². The fourth-order valence-corrected chi connectivity index (χ4v) is 3.20. The minimum absolute atomic E-state index is 0.808. The molecule has 0 bridgehead atoms. The Morgan fingerprint density at radius 1 is 1.62 bits per heavy atom. The van der Waals surface area contributed by atoms with Gasteiger partial charge in [0.05, 0.1) is 0 Å². The molecule has 0 N–H and O–H groups in total. The van der Waals surface area contributed by atoms with Gasteiger partial charge in [0.25, 0.3) is 0 Å². The Labute approximate surface area is 55.0 Å². The molecule has 2 atom stereocenters. The molecule has 1 saturated heterocycles. The predicted molar refractivity (Wildman–Crippen MR) is 38.2 cm³/mol. The summed E-state index contributed by atoms with van der Waals surface area (Å²) in [4.78, 5) is 0. The number of fused-ring (bicyclic) bond motifs is 1. The van der Waals surface area contributed by atoms with Gasteiger partial charge in [-0.05, 0) is 30.4 Å². The van der Waals surface area contributed by atoms with Crippen LogP contribution in [-0.2, 0) is 0 Å². The van der Waals surface area contributed by atoms with Gasteiger partial charge in [0, 0.05) is 5.25 Å². The number of hydrogen-bond acceptors (Lipinski definition) is 1.